The number of unbranched alkanes of at least 4 members (excludes halogenated alkanes) is 1. The minimum absolute atomic E-state index is 0.0192. The number of benzene rings is 2. The molecule has 186 valence electrons. The third-order valence-corrected chi connectivity index (χ3v) is 5.46. The number of methoxy groups -OCH3 is 1. The summed E-state index contributed by atoms with van der Waals surface area (Å²) in [5.41, 5.74) is 2.33. The van der Waals surface area contributed by atoms with Crippen molar-refractivity contribution >= 4 is 12.1 Å². The van der Waals surface area contributed by atoms with Crippen molar-refractivity contribution in [2.75, 3.05) is 13.7 Å². The summed E-state index contributed by atoms with van der Waals surface area (Å²) in [7, 11) is 1.60. The third-order valence-electron chi connectivity index (χ3n) is 5.46. The number of carbonyl (C=O) groups excluding carboxylic acids is 2. The fourth-order valence-electron chi connectivity index (χ4n) is 3.75. The lowest BCUT2D eigenvalue weighted by Gasteiger charge is -2.19. The zero-order valence-electron chi connectivity index (χ0n) is 20.5. The highest BCUT2D eigenvalue weighted by molar-refractivity contribution is 5.71. The van der Waals surface area contributed by atoms with Crippen molar-refractivity contribution in [3.8, 4) is 17.0 Å². The smallest absolute Gasteiger partial charge is 0.408 e. The van der Waals surface area contributed by atoms with Crippen LogP contribution in [-0.2, 0) is 27.4 Å². The molecule has 1 N–H and O–H groups in total. The van der Waals surface area contributed by atoms with Crippen LogP contribution in [0, 0.1) is 0 Å². The molecule has 2 aromatic carbocycles. The SMILES string of the molecule is CCCCC(NC(=O)OCc1ccccc1)c1nc(-c2ccccc2OC)cn1CC(=O)OCC. The van der Waals surface area contributed by atoms with Crippen molar-refractivity contribution in [2.24, 2.45) is 0 Å². The zero-order chi connectivity index (χ0) is 25.0. The summed E-state index contributed by atoms with van der Waals surface area (Å²) in [5, 5.41) is 2.95. The number of esters is 1. The quantitative estimate of drug-likeness (QED) is 0.356. The summed E-state index contributed by atoms with van der Waals surface area (Å²) in [6.45, 7) is 4.27. The maximum Gasteiger partial charge on any atom is 0.408 e. The Morgan fingerprint density at radius 3 is 2.49 bits per heavy atom. The summed E-state index contributed by atoms with van der Waals surface area (Å²) in [6.07, 6.45) is 3.69. The molecular formula is C27H33N3O5. The Morgan fingerprint density at radius 1 is 1.03 bits per heavy atom. The highest BCUT2D eigenvalue weighted by atomic mass is 16.5. The number of para-hydroxylation sites is 1. The van der Waals surface area contributed by atoms with Crippen LogP contribution in [0.1, 0.15) is 50.5 Å². The summed E-state index contributed by atoms with van der Waals surface area (Å²) in [5.74, 6) is 0.850. The average Bonchev–Trinajstić information content (AvgIpc) is 3.29. The molecule has 0 saturated carbocycles. The summed E-state index contributed by atoms with van der Waals surface area (Å²) in [6, 6.07) is 16.6. The highest BCUT2D eigenvalue weighted by Gasteiger charge is 2.24. The number of amides is 1. The average molecular weight is 480 g/mol. The molecule has 0 spiro atoms. The largest absolute Gasteiger partial charge is 0.496 e. The Kier molecular flexibility index (Phi) is 9.71. The third kappa shape index (κ3) is 7.34. The minimum Gasteiger partial charge on any atom is -0.496 e. The second kappa shape index (κ2) is 13.2. The van der Waals surface area contributed by atoms with E-state index in [2.05, 4.69) is 12.2 Å². The van der Waals surface area contributed by atoms with E-state index in [9.17, 15) is 9.59 Å². The highest BCUT2D eigenvalue weighted by Crippen LogP contribution is 2.31. The molecule has 1 atom stereocenters. The van der Waals surface area contributed by atoms with Gasteiger partial charge in [-0.05, 0) is 31.0 Å². The van der Waals surface area contributed by atoms with E-state index >= 15 is 0 Å². The number of rotatable bonds is 12. The molecule has 0 saturated heterocycles. The van der Waals surface area contributed by atoms with E-state index in [4.69, 9.17) is 19.2 Å². The second-order valence-corrected chi connectivity index (χ2v) is 8.02. The van der Waals surface area contributed by atoms with E-state index in [0.29, 0.717) is 23.7 Å². The van der Waals surface area contributed by atoms with E-state index in [-0.39, 0.29) is 25.7 Å². The van der Waals surface area contributed by atoms with Crippen LogP contribution in [0.5, 0.6) is 5.75 Å². The fourth-order valence-corrected chi connectivity index (χ4v) is 3.75. The van der Waals surface area contributed by atoms with Crippen LogP contribution >= 0.6 is 0 Å². The normalized spacial score (nSPS) is 11.5. The Labute approximate surface area is 206 Å². The van der Waals surface area contributed by atoms with Crippen molar-refractivity contribution in [2.45, 2.75) is 52.3 Å². The maximum absolute atomic E-state index is 12.7. The van der Waals surface area contributed by atoms with Gasteiger partial charge in [0.2, 0.25) is 0 Å². The first-order valence-electron chi connectivity index (χ1n) is 11.9. The van der Waals surface area contributed by atoms with Crippen LogP contribution in [0.4, 0.5) is 4.79 Å². The predicted molar refractivity (Wildman–Crippen MR) is 133 cm³/mol. The van der Waals surface area contributed by atoms with Crippen LogP contribution in [0.2, 0.25) is 0 Å². The number of hydrogen-bond donors (Lipinski definition) is 1. The van der Waals surface area contributed by atoms with Gasteiger partial charge in [-0.25, -0.2) is 9.78 Å². The van der Waals surface area contributed by atoms with Gasteiger partial charge in [-0.1, -0.05) is 62.2 Å². The molecule has 8 heteroatoms. The van der Waals surface area contributed by atoms with Crippen molar-refractivity contribution in [1.82, 2.24) is 14.9 Å². The van der Waals surface area contributed by atoms with Gasteiger partial charge < -0.3 is 24.1 Å². The summed E-state index contributed by atoms with van der Waals surface area (Å²) in [4.78, 5) is 29.9. The Hall–Kier alpha value is -3.81. The number of nitrogens with zero attached hydrogens (tertiary/aromatic N) is 2. The number of hydrogen-bond acceptors (Lipinski definition) is 6. The fraction of sp³-hybridized carbons (Fsp3) is 0.370. The standard InChI is InChI=1S/C27H33N3O5/c1-4-6-15-22(29-27(32)35-19-20-12-8-7-9-13-20)26-28-23(17-30(26)18-25(31)34-5-2)21-14-10-11-16-24(21)33-3/h7-14,16-17,22H,4-6,15,18-19H2,1-3H3,(H,29,32). The lowest BCUT2D eigenvalue weighted by atomic mass is 10.1. The molecule has 35 heavy (non-hydrogen) atoms. The Bertz CT molecular complexity index is 1100. The molecule has 0 aliphatic rings. The van der Waals surface area contributed by atoms with E-state index in [1.165, 1.54) is 0 Å². The first-order valence-corrected chi connectivity index (χ1v) is 11.9. The molecule has 8 nitrogen and oxygen atoms in total. The Balaban J connectivity index is 1.89. The van der Waals surface area contributed by atoms with Gasteiger partial charge in [0.25, 0.3) is 0 Å². The summed E-state index contributed by atoms with van der Waals surface area (Å²) >= 11 is 0. The molecule has 1 unspecified atom stereocenters. The van der Waals surface area contributed by atoms with Crippen LogP contribution in [-0.4, -0.2) is 35.3 Å². The molecule has 0 aliphatic heterocycles. The zero-order valence-corrected chi connectivity index (χ0v) is 20.5. The van der Waals surface area contributed by atoms with Gasteiger partial charge in [0.05, 0.1) is 25.5 Å². The van der Waals surface area contributed by atoms with Crippen molar-refractivity contribution in [3.63, 3.8) is 0 Å². The topological polar surface area (TPSA) is 91.7 Å². The molecule has 0 aliphatic carbocycles. The Morgan fingerprint density at radius 2 is 1.77 bits per heavy atom. The molecule has 1 heterocycles. The summed E-state index contributed by atoms with van der Waals surface area (Å²) < 4.78 is 17.9. The lowest BCUT2D eigenvalue weighted by Crippen LogP contribution is -2.31. The van der Waals surface area contributed by atoms with Crippen LogP contribution < -0.4 is 10.1 Å². The molecule has 0 bridgehead atoms. The maximum atomic E-state index is 12.7. The molecule has 0 radical (unpaired) electrons. The van der Waals surface area contributed by atoms with Gasteiger partial charge in [-0.3, -0.25) is 4.79 Å². The van der Waals surface area contributed by atoms with E-state index in [1.807, 2.05) is 54.6 Å². The van der Waals surface area contributed by atoms with Gasteiger partial charge >= 0.3 is 12.1 Å². The predicted octanol–water partition coefficient (Wildman–Crippen LogP) is 5.28. The first-order chi connectivity index (χ1) is 17.0. The van der Waals surface area contributed by atoms with Crippen LogP contribution in [0.15, 0.2) is 60.8 Å². The first kappa shape index (κ1) is 25.8. The monoisotopic (exact) mass is 479 g/mol. The number of aromatic nitrogens is 2. The van der Waals surface area contributed by atoms with Crippen molar-refractivity contribution in [1.29, 1.82) is 0 Å². The van der Waals surface area contributed by atoms with Gasteiger partial charge in [-0.15, -0.1) is 0 Å². The number of carbonyl (C=O) groups is 2. The number of nitrogens with one attached hydrogen (secondary N) is 1. The molecule has 0 fully saturated rings. The van der Waals surface area contributed by atoms with Crippen molar-refractivity contribution in [3.05, 3.63) is 72.2 Å². The van der Waals surface area contributed by atoms with Gasteiger partial charge in [0.1, 0.15) is 24.7 Å². The molecular weight excluding hydrogens is 446 g/mol. The second-order valence-electron chi connectivity index (χ2n) is 8.02. The number of imidazole rings is 1. The number of ether oxygens (including phenoxy) is 3. The minimum atomic E-state index is -0.542. The van der Waals surface area contributed by atoms with Gasteiger partial charge in [0.15, 0.2) is 0 Å². The number of alkyl carbamates (subject to hydrolysis) is 1. The molecule has 3 aromatic rings. The lowest BCUT2D eigenvalue weighted by molar-refractivity contribution is -0.143. The van der Waals surface area contributed by atoms with E-state index in [1.54, 1.807) is 24.8 Å². The van der Waals surface area contributed by atoms with E-state index < -0.39 is 12.1 Å². The van der Waals surface area contributed by atoms with Gasteiger partial charge in [0, 0.05) is 11.8 Å². The van der Waals surface area contributed by atoms with Crippen molar-refractivity contribution < 1.29 is 23.8 Å². The van der Waals surface area contributed by atoms with Crippen LogP contribution in [0.25, 0.3) is 11.3 Å². The molecule has 1 amide bonds. The molecule has 3 rings (SSSR count). The molecule has 1 aromatic heterocycles. The van der Waals surface area contributed by atoms with Crippen LogP contribution in [0.3, 0.4) is 0 Å². The van der Waals surface area contributed by atoms with Gasteiger partial charge in [-0.2, -0.15) is 0 Å². The van der Waals surface area contributed by atoms with E-state index in [0.717, 1.165) is 24.0 Å².